The van der Waals surface area contributed by atoms with Gasteiger partial charge in [0.15, 0.2) is 0 Å². The fraction of sp³-hybridized carbons (Fsp3) is 0.619. The number of hydrogen-bond donors (Lipinski definition) is 2. The van der Waals surface area contributed by atoms with Crippen molar-refractivity contribution in [1.82, 2.24) is 10.2 Å². The number of anilines is 1. The van der Waals surface area contributed by atoms with Crippen LogP contribution < -0.4 is 16.0 Å². The predicted molar refractivity (Wildman–Crippen MR) is 108 cm³/mol. The van der Waals surface area contributed by atoms with Gasteiger partial charge in [-0.05, 0) is 69.7 Å². The fourth-order valence-corrected chi connectivity index (χ4v) is 4.11. The van der Waals surface area contributed by atoms with E-state index in [-0.39, 0.29) is 17.9 Å². The lowest BCUT2D eigenvalue weighted by Gasteiger charge is -2.35. The topological polar surface area (TPSA) is 78.7 Å². The second-order valence-electron chi connectivity index (χ2n) is 7.95. The molecule has 148 valence electrons. The first-order valence-electron chi connectivity index (χ1n) is 10.2. The van der Waals surface area contributed by atoms with E-state index in [1.54, 1.807) is 6.92 Å². The molecule has 3 N–H and O–H groups in total. The van der Waals surface area contributed by atoms with Crippen molar-refractivity contribution < 1.29 is 9.59 Å². The van der Waals surface area contributed by atoms with Gasteiger partial charge in [-0.2, -0.15) is 0 Å². The summed E-state index contributed by atoms with van der Waals surface area (Å²) in [6.45, 7) is 7.43. The zero-order valence-electron chi connectivity index (χ0n) is 16.5. The van der Waals surface area contributed by atoms with Gasteiger partial charge in [-0.15, -0.1) is 0 Å². The maximum Gasteiger partial charge on any atom is 0.251 e. The molecule has 3 rings (SSSR count). The summed E-state index contributed by atoms with van der Waals surface area (Å²) in [5.41, 5.74) is 7.59. The Morgan fingerprint density at radius 2 is 1.63 bits per heavy atom. The Morgan fingerprint density at radius 3 is 2.19 bits per heavy atom. The lowest BCUT2D eigenvalue weighted by Crippen LogP contribution is -2.49. The third kappa shape index (κ3) is 4.80. The third-order valence-electron chi connectivity index (χ3n) is 5.91. The van der Waals surface area contributed by atoms with E-state index < -0.39 is 6.04 Å². The highest BCUT2D eigenvalue weighted by molar-refractivity contribution is 5.94. The van der Waals surface area contributed by atoms with Crippen molar-refractivity contribution in [3.05, 3.63) is 29.8 Å². The Balaban J connectivity index is 1.50. The van der Waals surface area contributed by atoms with Crippen molar-refractivity contribution in [2.75, 3.05) is 31.1 Å². The largest absolute Gasteiger partial charge is 0.372 e. The zero-order valence-corrected chi connectivity index (χ0v) is 16.5. The number of rotatable bonds is 5. The van der Waals surface area contributed by atoms with E-state index in [9.17, 15) is 9.59 Å². The Labute approximate surface area is 162 Å². The Kier molecular flexibility index (Phi) is 6.37. The normalized spacial score (nSPS) is 20.4. The molecule has 6 nitrogen and oxygen atoms in total. The summed E-state index contributed by atoms with van der Waals surface area (Å²) in [6.07, 6.45) is 4.28. The maximum atomic E-state index is 12.6. The average Bonchev–Trinajstić information content (AvgIpc) is 3.22. The lowest BCUT2D eigenvalue weighted by molar-refractivity contribution is -0.133. The van der Waals surface area contributed by atoms with Crippen molar-refractivity contribution in [3.63, 3.8) is 0 Å². The number of carbonyl (C=O) groups excluding carboxylic acids is 2. The Hall–Kier alpha value is -2.08. The second kappa shape index (κ2) is 8.74. The van der Waals surface area contributed by atoms with Crippen LogP contribution in [0.1, 0.15) is 49.9 Å². The number of benzene rings is 1. The van der Waals surface area contributed by atoms with Gasteiger partial charge in [-0.1, -0.05) is 0 Å². The Bertz CT molecular complexity index is 645. The van der Waals surface area contributed by atoms with Gasteiger partial charge in [-0.25, -0.2) is 0 Å². The van der Waals surface area contributed by atoms with Gasteiger partial charge in [0.05, 0.1) is 6.04 Å². The van der Waals surface area contributed by atoms with Crippen LogP contribution >= 0.6 is 0 Å². The van der Waals surface area contributed by atoms with Crippen LogP contribution in [0.4, 0.5) is 5.69 Å². The minimum Gasteiger partial charge on any atom is -0.372 e. The number of likely N-dealkylation sites (tertiary alicyclic amines) is 1. The van der Waals surface area contributed by atoms with Crippen LogP contribution in [0.15, 0.2) is 24.3 Å². The van der Waals surface area contributed by atoms with Crippen molar-refractivity contribution in [3.8, 4) is 0 Å². The molecule has 2 amide bonds. The molecule has 2 heterocycles. The highest BCUT2D eigenvalue weighted by atomic mass is 16.2. The smallest absolute Gasteiger partial charge is 0.251 e. The maximum absolute atomic E-state index is 12.6. The first-order chi connectivity index (χ1) is 13.0. The molecule has 1 aromatic carbocycles. The van der Waals surface area contributed by atoms with Crippen LogP contribution in [-0.4, -0.2) is 55.0 Å². The summed E-state index contributed by atoms with van der Waals surface area (Å²) < 4.78 is 0. The molecule has 2 aliphatic heterocycles. The summed E-state index contributed by atoms with van der Waals surface area (Å²) in [6, 6.07) is 7.57. The third-order valence-corrected chi connectivity index (χ3v) is 5.91. The highest BCUT2D eigenvalue weighted by Crippen LogP contribution is 2.23. The number of piperidine rings is 1. The molecular weight excluding hydrogens is 340 g/mol. The first-order valence-corrected chi connectivity index (χ1v) is 10.2. The van der Waals surface area contributed by atoms with Crippen LogP contribution in [0.3, 0.4) is 0 Å². The molecule has 6 heteroatoms. The molecule has 0 aromatic heterocycles. The van der Waals surface area contributed by atoms with E-state index in [4.69, 9.17) is 5.73 Å². The fourth-order valence-electron chi connectivity index (χ4n) is 4.11. The molecule has 0 saturated carbocycles. The van der Waals surface area contributed by atoms with Crippen molar-refractivity contribution >= 4 is 17.5 Å². The van der Waals surface area contributed by atoms with Crippen LogP contribution in [0.25, 0.3) is 0 Å². The summed E-state index contributed by atoms with van der Waals surface area (Å²) in [5, 5.41) is 3.14. The molecule has 2 saturated heterocycles. The average molecular weight is 373 g/mol. The SMILES string of the molecule is CC(N)C(=O)N1CCC(C(C)NC(=O)c2ccc(N3CCCC3)cc2)CC1. The van der Waals surface area contributed by atoms with Gasteiger partial charge in [0.2, 0.25) is 5.91 Å². The number of nitrogens with zero attached hydrogens (tertiary/aromatic N) is 2. The molecule has 2 unspecified atom stereocenters. The van der Waals surface area contributed by atoms with E-state index in [0.717, 1.165) is 39.0 Å². The number of hydrogen-bond acceptors (Lipinski definition) is 4. The lowest BCUT2D eigenvalue weighted by atomic mass is 9.90. The van der Waals surface area contributed by atoms with Gasteiger partial charge in [0, 0.05) is 43.5 Å². The van der Waals surface area contributed by atoms with E-state index >= 15 is 0 Å². The summed E-state index contributed by atoms with van der Waals surface area (Å²) in [5.74, 6) is 0.378. The summed E-state index contributed by atoms with van der Waals surface area (Å²) in [7, 11) is 0. The molecule has 2 aliphatic rings. The van der Waals surface area contributed by atoms with E-state index in [2.05, 4.69) is 17.1 Å². The molecule has 2 atom stereocenters. The van der Waals surface area contributed by atoms with Crippen LogP contribution in [0, 0.1) is 5.92 Å². The van der Waals surface area contributed by atoms with Crippen molar-refractivity contribution in [2.45, 2.75) is 51.6 Å². The Morgan fingerprint density at radius 1 is 1.04 bits per heavy atom. The molecule has 27 heavy (non-hydrogen) atoms. The number of carbonyl (C=O) groups is 2. The van der Waals surface area contributed by atoms with Crippen LogP contribution in [-0.2, 0) is 4.79 Å². The minimum absolute atomic E-state index is 0.0169. The number of nitrogens with two attached hydrogens (primary N) is 1. The van der Waals surface area contributed by atoms with Gasteiger partial charge < -0.3 is 20.9 Å². The number of nitrogens with one attached hydrogen (secondary N) is 1. The summed E-state index contributed by atoms with van der Waals surface area (Å²) >= 11 is 0. The van der Waals surface area contributed by atoms with Gasteiger partial charge >= 0.3 is 0 Å². The van der Waals surface area contributed by atoms with Crippen molar-refractivity contribution in [1.29, 1.82) is 0 Å². The van der Waals surface area contributed by atoms with Crippen molar-refractivity contribution in [2.24, 2.45) is 11.7 Å². The first kappa shape index (κ1) is 19.7. The van der Waals surface area contributed by atoms with Crippen LogP contribution in [0.2, 0.25) is 0 Å². The molecular formula is C21H32N4O2. The number of amides is 2. The highest BCUT2D eigenvalue weighted by Gasteiger charge is 2.28. The van der Waals surface area contributed by atoms with E-state index in [0.29, 0.717) is 11.5 Å². The predicted octanol–water partition coefficient (Wildman–Crippen LogP) is 1.99. The van der Waals surface area contributed by atoms with E-state index in [1.165, 1.54) is 18.5 Å². The van der Waals surface area contributed by atoms with Gasteiger partial charge in [-0.3, -0.25) is 9.59 Å². The minimum atomic E-state index is -0.442. The quantitative estimate of drug-likeness (QED) is 0.829. The van der Waals surface area contributed by atoms with Gasteiger partial charge in [0.25, 0.3) is 5.91 Å². The molecule has 2 fully saturated rings. The molecule has 1 aromatic rings. The molecule has 0 radical (unpaired) electrons. The van der Waals surface area contributed by atoms with Gasteiger partial charge in [0.1, 0.15) is 0 Å². The monoisotopic (exact) mass is 372 g/mol. The van der Waals surface area contributed by atoms with E-state index in [1.807, 2.05) is 29.2 Å². The molecule has 0 aliphatic carbocycles. The molecule has 0 bridgehead atoms. The molecule has 0 spiro atoms. The summed E-state index contributed by atoms with van der Waals surface area (Å²) in [4.78, 5) is 28.8. The second-order valence-corrected chi connectivity index (χ2v) is 7.95. The zero-order chi connectivity index (χ0) is 19.4. The van der Waals surface area contributed by atoms with Crippen LogP contribution in [0.5, 0.6) is 0 Å². The standard InChI is InChI=1S/C21H32N4O2/c1-15(22)21(27)25-13-9-17(10-14-25)16(2)23-20(26)18-5-7-19(8-6-18)24-11-3-4-12-24/h5-8,15-17H,3-4,9-14,22H2,1-2H3,(H,23,26).